The molecule has 1 aromatic rings. The SMILES string of the molecule is C[C@@H](CNC(=O)C(Cc1ccc([N+](=O)[O-])cc1)NC(=O)OC(C)(C)C)NC(=O)OC(C)(C)C. The molecule has 1 unspecified atom stereocenters. The normalized spacial score (nSPS) is 13.3. The second-order valence-electron chi connectivity index (χ2n) is 9.62. The van der Waals surface area contributed by atoms with Gasteiger partial charge in [-0.1, -0.05) is 12.1 Å². The number of nitro groups is 1. The Morgan fingerprint density at radius 2 is 1.42 bits per heavy atom. The number of amides is 3. The monoisotopic (exact) mass is 466 g/mol. The Labute approximate surface area is 193 Å². The largest absolute Gasteiger partial charge is 0.444 e. The van der Waals surface area contributed by atoms with Gasteiger partial charge in [0.15, 0.2) is 0 Å². The number of hydrogen-bond donors (Lipinski definition) is 3. The highest BCUT2D eigenvalue weighted by molar-refractivity contribution is 5.86. The molecule has 0 bridgehead atoms. The summed E-state index contributed by atoms with van der Waals surface area (Å²) in [6, 6.07) is 4.24. The number of rotatable bonds is 8. The highest BCUT2D eigenvalue weighted by Gasteiger charge is 2.25. The summed E-state index contributed by atoms with van der Waals surface area (Å²) in [5.41, 5.74) is -0.886. The molecule has 0 aromatic heterocycles. The zero-order valence-corrected chi connectivity index (χ0v) is 20.2. The zero-order chi connectivity index (χ0) is 25.4. The van der Waals surface area contributed by atoms with Crippen LogP contribution in [0.3, 0.4) is 0 Å². The number of ether oxygens (including phenoxy) is 2. The standard InChI is InChI=1S/C22H34N4O7/c1-14(24-19(28)32-21(2,3)4)13-23-18(27)17(25-20(29)33-22(5,6)7)12-15-8-10-16(11-9-15)26(30)31/h8-11,14,17H,12-13H2,1-7H3,(H,23,27)(H,24,28)(H,25,29)/t14-,17?/m0/s1. The Kier molecular flexibility index (Phi) is 9.63. The van der Waals surface area contributed by atoms with E-state index >= 15 is 0 Å². The third-order valence-electron chi connectivity index (χ3n) is 3.94. The summed E-state index contributed by atoms with van der Waals surface area (Å²) in [6.07, 6.45) is -1.31. The van der Waals surface area contributed by atoms with Crippen molar-refractivity contribution in [2.24, 2.45) is 0 Å². The number of nitrogens with one attached hydrogen (secondary N) is 3. The molecule has 1 rings (SSSR count). The van der Waals surface area contributed by atoms with E-state index in [0.29, 0.717) is 5.56 Å². The third-order valence-corrected chi connectivity index (χ3v) is 3.94. The lowest BCUT2D eigenvalue weighted by Gasteiger charge is -2.24. The number of nitrogens with zero attached hydrogens (tertiary/aromatic N) is 1. The number of alkyl carbamates (subject to hydrolysis) is 2. The van der Waals surface area contributed by atoms with Gasteiger partial charge in [0.2, 0.25) is 5.91 Å². The molecule has 11 heteroatoms. The molecule has 0 aliphatic rings. The van der Waals surface area contributed by atoms with Crippen molar-refractivity contribution in [2.45, 2.75) is 78.2 Å². The molecule has 3 N–H and O–H groups in total. The molecule has 184 valence electrons. The first-order valence-electron chi connectivity index (χ1n) is 10.6. The van der Waals surface area contributed by atoms with Crippen molar-refractivity contribution in [3.05, 3.63) is 39.9 Å². The Bertz CT molecular complexity index is 842. The van der Waals surface area contributed by atoms with Crippen molar-refractivity contribution in [3.8, 4) is 0 Å². The summed E-state index contributed by atoms with van der Waals surface area (Å²) >= 11 is 0. The van der Waals surface area contributed by atoms with Gasteiger partial charge < -0.3 is 25.4 Å². The molecule has 0 spiro atoms. The molecule has 0 radical (unpaired) electrons. The molecular formula is C22H34N4O7. The molecule has 3 amide bonds. The van der Waals surface area contributed by atoms with Crippen molar-refractivity contribution in [1.29, 1.82) is 0 Å². The van der Waals surface area contributed by atoms with Crippen LogP contribution in [0.4, 0.5) is 15.3 Å². The van der Waals surface area contributed by atoms with Crippen LogP contribution in [0, 0.1) is 10.1 Å². The predicted octanol–water partition coefficient (Wildman–Crippen LogP) is 3.06. The first kappa shape index (κ1) is 27.7. The zero-order valence-electron chi connectivity index (χ0n) is 20.2. The lowest BCUT2D eigenvalue weighted by atomic mass is 10.0. The highest BCUT2D eigenvalue weighted by Crippen LogP contribution is 2.14. The Morgan fingerprint density at radius 3 is 1.88 bits per heavy atom. The van der Waals surface area contributed by atoms with Crippen LogP contribution in [0.2, 0.25) is 0 Å². The van der Waals surface area contributed by atoms with Crippen LogP contribution in [0.1, 0.15) is 54.0 Å². The molecule has 0 fully saturated rings. The van der Waals surface area contributed by atoms with E-state index < -0.39 is 46.3 Å². The van der Waals surface area contributed by atoms with Crippen molar-refractivity contribution in [2.75, 3.05) is 6.54 Å². The maximum Gasteiger partial charge on any atom is 0.408 e. The van der Waals surface area contributed by atoms with Crippen LogP contribution in [0.25, 0.3) is 0 Å². The van der Waals surface area contributed by atoms with Crippen LogP contribution >= 0.6 is 0 Å². The molecule has 0 aliphatic carbocycles. The van der Waals surface area contributed by atoms with Crippen molar-refractivity contribution < 1.29 is 28.8 Å². The van der Waals surface area contributed by atoms with E-state index in [9.17, 15) is 24.5 Å². The van der Waals surface area contributed by atoms with Gasteiger partial charge in [-0.25, -0.2) is 9.59 Å². The first-order chi connectivity index (χ1) is 15.1. The maximum atomic E-state index is 12.8. The minimum absolute atomic E-state index is 0.0803. The average Bonchev–Trinajstić information content (AvgIpc) is 2.62. The number of carbonyl (C=O) groups excluding carboxylic acids is 3. The predicted molar refractivity (Wildman–Crippen MR) is 122 cm³/mol. The maximum absolute atomic E-state index is 12.8. The smallest absolute Gasteiger partial charge is 0.408 e. The summed E-state index contributed by atoms with van der Waals surface area (Å²) in [5.74, 6) is -0.503. The van der Waals surface area contributed by atoms with Crippen LogP contribution in [0.5, 0.6) is 0 Å². The highest BCUT2D eigenvalue weighted by atomic mass is 16.6. The minimum Gasteiger partial charge on any atom is -0.444 e. The van der Waals surface area contributed by atoms with E-state index in [1.165, 1.54) is 24.3 Å². The molecule has 0 aliphatic heterocycles. The summed E-state index contributed by atoms with van der Waals surface area (Å²) in [5, 5.41) is 18.7. The molecule has 0 heterocycles. The molecule has 0 saturated heterocycles. The van der Waals surface area contributed by atoms with E-state index in [4.69, 9.17) is 9.47 Å². The first-order valence-corrected chi connectivity index (χ1v) is 10.6. The van der Waals surface area contributed by atoms with Crippen LogP contribution in [0.15, 0.2) is 24.3 Å². The minimum atomic E-state index is -1.00. The van der Waals surface area contributed by atoms with Gasteiger partial charge in [0.25, 0.3) is 5.69 Å². The number of carbonyl (C=O) groups is 3. The third kappa shape index (κ3) is 11.7. The number of non-ortho nitro benzene ring substituents is 1. The van der Waals surface area contributed by atoms with Gasteiger partial charge in [0.05, 0.1) is 4.92 Å². The second-order valence-corrected chi connectivity index (χ2v) is 9.62. The van der Waals surface area contributed by atoms with Crippen molar-refractivity contribution in [3.63, 3.8) is 0 Å². The van der Waals surface area contributed by atoms with Crippen molar-refractivity contribution >= 4 is 23.8 Å². The molecule has 1 aromatic carbocycles. The fraction of sp³-hybridized carbons (Fsp3) is 0.591. The van der Waals surface area contributed by atoms with Gasteiger partial charge >= 0.3 is 12.2 Å². The van der Waals surface area contributed by atoms with Crippen molar-refractivity contribution in [1.82, 2.24) is 16.0 Å². The quantitative estimate of drug-likeness (QED) is 0.394. The van der Waals surface area contributed by atoms with Crippen LogP contribution in [-0.2, 0) is 20.7 Å². The molecule has 33 heavy (non-hydrogen) atoms. The van der Waals surface area contributed by atoms with E-state index in [2.05, 4.69) is 16.0 Å². The Morgan fingerprint density at radius 1 is 0.939 bits per heavy atom. The summed E-state index contributed by atoms with van der Waals surface area (Å²) in [4.78, 5) is 47.3. The van der Waals surface area contributed by atoms with Gasteiger partial charge in [-0.2, -0.15) is 0 Å². The molecule has 11 nitrogen and oxygen atoms in total. The fourth-order valence-electron chi connectivity index (χ4n) is 2.59. The molecular weight excluding hydrogens is 432 g/mol. The molecule has 0 saturated carbocycles. The van der Waals surface area contributed by atoms with E-state index in [1.54, 1.807) is 48.5 Å². The van der Waals surface area contributed by atoms with Gasteiger partial charge in [-0.15, -0.1) is 0 Å². The van der Waals surface area contributed by atoms with E-state index in [-0.39, 0.29) is 18.7 Å². The Hall–Kier alpha value is -3.37. The fourth-order valence-corrected chi connectivity index (χ4v) is 2.59. The lowest BCUT2D eigenvalue weighted by Crippen LogP contribution is -2.52. The van der Waals surface area contributed by atoms with E-state index in [0.717, 1.165) is 0 Å². The second kappa shape index (κ2) is 11.5. The average molecular weight is 467 g/mol. The van der Waals surface area contributed by atoms with Gasteiger partial charge in [-0.05, 0) is 54.0 Å². The van der Waals surface area contributed by atoms with Gasteiger partial charge in [0.1, 0.15) is 17.2 Å². The van der Waals surface area contributed by atoms with Gasteiger partial charge in [-0.3, -0.25) is 14.9 Å². The summed E-state index contributed by atoms with van der Waals surface area (Å²) in [6.45, 7) is 12.1. The lowest BCUT2D eigenvalue weighted by molar-refractivity contribution is -0.384. The Balaban J connectivity index is 2.82. The summed E-state index contributed by atoms with van der Waals surface area (Å²) < 4.78 is 10.4. The topological polar surface area (TPSA) is 149 Å². The van der Waals surface area contributed by atoms with Crippen LogP contribution < -0.4 is 16.0 Å². The number of hydrogen-bond acceptors (Lipinski definition) is 7. The van der Waals surface area contributed by atoms with E-state index in [1.807, 2.05) is 0 Å². The number of benzene rings is 1. The summed E-state index contributed by atoms with van der Waals surface area (Å²) in [7, 11) is 0. The van der Waals surface area contributed by atoms with Crippen LogP contribution in [-0.4, -0.2) is 52.8 Å². The number of nitro benzene ring substituents is 1. The van der Waals surface area contributed by atoms with Gasteiger partial charge in [0, 0.05) is 31.1 Å². The molecule has 2 atom stereocenters.